The van der Waals surface area contributed by atoms with E-state index >= 15 is 0 Å². The summed E-state index contributed by atoms with van der Waals surface area (Å²) in [6.07, 6.45) is 0. The lowest BCUT2D eigenvalue weighted by atomic mass is 10.1. The van der Waals surface area contributed by atoms with Gasteiger partial charge in [0, 0.05) is 16.8 Å². The van der Waals surface area contributed by atoms with Gasteiger partial charge in [-0.25, -0.2) is 0 Å². The Labute approximate surface area is 199 Å². The fourth-order valence-electron chi connectivity index (χ4n) is 3.43. The average Bonchev–Trinajstić information content (AvgIpc) is 2.85. The molecule has 5 heteroatoms. The normalized spacial score (nSPS) is 10.4. The van der Waals surface area contributed by atoms with Gasteiger partial charge in [-0.05, 0) is 86.1 Å². The van der Waals surface area contributed by atoms with E-state index in [0.717, 1.165) is 22.6 Å². The number of carbonyl (C=O) groups is 1. The molecule has 5 nitrogen and oxygen atoms in total. The van der Waals surface area contributed by atoms with Crippen LogP contribution in [-0.4, -0.2) is 12.5 Å². The lowest BCUT2D eigenvalue weighted by molar-refractivity contribution is 0.102. The second-order valence-corrected chi connectivity index (χ2v) is 7.75. The Morgan fingerprint density at radius 3 is 2.24 bits per heavy atom. The number of carbonyl (C=O) groups excluding carboxylic acids is 1. The quantitative estimate of drug-likeness (QED) is 0.296. The van der Waals surface area contributed by atoms with E-state index in [-0.39, 0.29) is 5.91 Å². The van der Waals surface area contributed by atoms with Crippen molar-refractivity contribution in [2.24, 2.45) is 0 Å². The predicted molar refractivity (Wildman–Crippen MR) is 134 cm³/mol. The molecule has 1 N–H and O–H groups in total. The van der Waals surface area contributed by atoms with Crippen LogP contribution in [0.3, 0.4) is 0 Å². The highest BCUT2D eigenvalue weighted by molar-refractivity contribution is 6.04. The molecule has 0 spiro atoms. The third-order valence-electron chi connectivity index (χ3n) is 5.10. The minimum Gasteiger partial charge on any atom is -0.493 e. The number of ether oxygens (including phenoxy) is 3. The summed E-state index contributed by atoms with van der Waals surface area (Å²) >= 11 is 0. The molecule has 4 aromatic carbocycles. The Kier molecular flexibility index (Phi) is 7.45. The molecule has 0 heterocycles. The van der Waals surface area contributed by atoms with Gasteiger partial charge in [0.15, 0.2) is 0 Å². The first-order chi connectivity index (χ1) is 16.6. The van der Waals surface area contributed by atoms with Crippen LogP contribution in [0.5, 0.6) is 23.0 Å². The van der Waals surface area contributed by atoms with Crippen molar-refractivity contribution < 1.29 is 19.0 Å². The summed E-state index contributed by atoms with van der Waals surface area (Å²) in [6.45, 7) is 4.77. The third kappa shape index (κ3) is 6.17. The molecule has 0 aliphatic rings. The summed E-state index contributed by atoms with van der Waals surface area (Å²) in [6, 6.07) is 30.0. The highest BCUT2D eigenvalue weighted by Gasteiger charge is 2.12. The summed E-state index contributed by atoms with van der Waals surface area (Å²) in [5.41, 5.74) is 3.13. The zero-order chi connectivity index (χ0) is 23.8. The van der Waals surface area contributed by atoms with Crippen LogP contribution in [0, 0.1) is 6.92 Å². The average molecular weight is 454 g/mol. The molecule has 0 aliphatic carbocycles. The number of nitrogens with one attached hydrogen (secondary N) is 1. The van der Waals surface area contributed by atoms with Gasteiger partial charge < -0.3 is 19.5 Å². The van der Waals surface area contributed by atoms with Gasteiger partial charge in [0.25, 0.3) is 5.91 Å². The zero-order valence-corrected chi connectivity index (χ0v) is 19.3. The van der Waals surface area contributed by atoms with Crippen LogP contribution in [0.2, 0.25) is 0 Å². The van der Waals surface area contributed by atoms with E-state index in [1.807, 2.05) is 105 Å². The molecule has 4 rings (SSSR count). The fourth-order valence-corrected chi connectivity index (χ4v) is 3.43. The molecule has 172 valence electrons. The van der Waals surface area contributed by atoms with Gasteiger partial charge in [-0.1, -0.05) is 30.3 Å². The van der Waals surface area contributed by atoms with Crippen LogP contribution in [0.4, 0.5) is 5.69 Å². The number of hydrogen-bond donors (Lipinski definition) is 1. The second-order valence-electron chi connectivity index (χ2n) is 7.75. The Bertz CT molecular complexity index is 1240. The first kappa shape index (κ1) is 22.9. The van der Waals surface area contributed by atoms with E-state index in [9.17, 15) is 4.79 Å². The molecule has 0 aliphatic heterocycles. The third-order valence-corrected chi connectivity index (χ3v) is 5.10. The van der Waals surface area contributed by atoms with Crippen LogP contribution in [-0.2, 0) is 6.61 Å². The van der Waals surface area contributed by atoms with E-state index < -0.39 is 0 Å². The molecule has 0 unspecified atom stereocenters. The van der Waals surface area contributed by atoms with E-state index in [0.29, 0.717) is 36.0 Å². The Balaban J connectivity index is 1.44. The first-order valence-corrected chi connectivity index (χ1v) is 11.2. The molecule has 0 saturated carbocycles. The first-order valence-electron chi connectivity index (χ1n) is 11.2. The molecular weight excluding hydrogens is 426 g/mol. The summed E-state index contributed by atoms with van der Waals surface area (Å²) in [5, 5.41) is 2.93. The molecule has 0 atom stereocenters. The number of para-hydroxylation sites is 1. The number of aryl methyl sites for hydroxylation is 1. The van der Waals surface area contributed by atoms with Crippen molar-refractivity contribution in [3.63, 3.8) is 0 Å². The number of anilines is 1. The molecule has 0 saturated heterocycles. The van der Waals surface area contributed by atoms with Gasteiger partial charge in [0.2, 0.25) is 0 Å². The van der Waals surface area contributed by atoms with Crippen LogP contribution in [0.25, 0.3) is 0 Å². The lowest BCUT2D eigenvalue weighted by Gasteiger charge is -2.14. The molecule has 0 aromatic heterocycles. The summed E-state index contributed by atoms with van der Waals surface area (Å²) < 4.78 is 17.5. The monoisotopic (exact) mass is 453 g/mol. The molecule has 0 radical (unpaired) electrons. The van der Waals surface area contributed by atoms with Crippen LogP contribution >= 0.6 is 0 Å². The van der Waals surface area contributed by atoms with Crippen molar-refractivity contribution in [2.45, 2.75) is 20.5 Å². The Morgan fingerprint density at radius 2 is 1.50 bits per heavy atom. The van der Waals surface area contributed by atoms with Crippen molar-refractivity contribution in [2.75, 3.05) is 11.9 Å². The van der Waals surface area contributed by atoms with E-state index in [1.165, 1.54) is 0 Å². The van der Waals surface area contributed by atoms with Gasteiger partial charge in [-0.15, -0.1) is 0 Å². The molecular formula is C29H27NO4. The smallest absolute Gasteiger partial charge is 0.255 e. The van der Waals surface area contributed by atoms with Crippen molar-refractivity contribution in [1.82, 2.24) is 0 Å². The van der Waals surface area contributed by atoms with Gasteiger partial charge in [0.1, 0.15) is 29.6 Å². The standard InChI is InChI=1S/C29H27NO4/c1-3-32-28-17-12-22(19-23(28)20-33-27-11-7-8-21(2)18-27)29(31)30-24-13-15-26(16-14-24)34-25-9-5-4-6-10-25/h4-19H,3,20H2,1-2H3,(H,30,31). The van der Waals surface area contributed by atoms with Gasteiger partial charge >= 0.3 is 0 Å². The van der Waals surface area contributed by atoms with E-state index in [4.69, 9.17) is 14.2 Å². The number of benzene rings is 4. The highest BCUT2D eigenvalue weighted by atomic mass is 16.5. The second kappa shape index (κ2) is 11.1. The maximum absolute atomic E-state index is 12.9. The number of amides is 1. The minimum atomic E-state index is -0.211. The maximum Gasteiger partial charge on any atom is 0.255 e. The summed E-state index contributed by atoms with van der Waals surface area (Å²) in [5.74, 6) is 2.72. The van der Waals surface area contributed by atoms with Crippen LogP contribution < -0.4 is 19.5 Å². The van der Waals surface area contributed by atoms with Crippen molar-refractivity contribution >= 4 is 11.6 Å². The topological polar surface area (TPSA) is 56.8 Å². The Hall–Kier alpha value is -4.25. The van der Waals surface area contributed by atoms with E-state index in [2.05, 4.69) is 5.32 Å². The SMILES string of the molecule is CCOc1ccc(C(=O)Nc2ccc(Oc3ccccc3)cc2)cc1COc1cccc(C)c1. The molecule has 1 amide bonds. The zero-order valence-electron chi connectivity index (χ0n) is 19.3. The van der Waals surface area contributed by atoms with Crippen LogP contribution in [0.15, 0.2) is 97.1 Å². The van der Waals surface area contributed by atoms with Gasteiger partial charge in [-0.3, -0.25) is 4.79 Å². The molecule has 0 bridgehead atoms. The van der Waals surface area contributed by atoms with Crippen LogP contribution in [0.1, 0.15) is 28.4 Å². The van der Waals surface area contributed by atoms with Gasteiger partial charge in [0.05, 0.1) is 6.61 Å². The highest BCUT2D eigenvalue weighted by Crippen LogP contribution is 2.25. The fraction of sp³-hybridized carbons (Fsp3) is 0.138. The maximum atomic E-state index is 12.9. The number of rotatable bonds is 9. The predicted octanol–water partition coefficient (Wildman–Crippen LogP) is 7.02. The molecule has 4 aromatic rings. The largest absolute Gasteiger partial charge is 0.493 e. The molecule has 34 heavy (non-hydrogen) atoms. The van der Waals surface area contributed by atoms with Crippen molar-refractivity contribution in [3.8, 4) is 23.0 Å². The summed E-state index contributed by atoms with van der Waals surface area (Å²) in [4.78, 5) is 12.9. The summed E-state index contributed by atoms with van der Waals surface area (Å²) in [7, 11) is 0. The Morgan fingerprint density at radius 1 is 0.765 bits per heavy atom. The minimum absolute atomic E-state index is 0.211. The number of hydrogen-bond acceptors (Lipinski definition) is 4. The molecule has 0 fully saturated rings. The van der Waals surface area contributed by atoms with Crippen molar-refractivity contribution in [3.05, 3.63) is 114 Å². The van der Waals surface area contributed by atoms with Crippen molar-refractivity contribution in [1.29, 1.82) is 0 Å². The lowest BCUT2D eigenvalue weighted by Crippen LogP contribution is -2.13. The van der Waals surface area contributed by atoms with Gasteiger partial charge in [-0.2, -0.15) is 0 Å². The van der Waals surface area contributed by atoms with E-state index in [1.54, 1.807) is 6.07 Å².